The number of carbonyl (C=O) groups is 4. The maximum atomic E-state index is 13.4. The van der Waals surface area contributed by atoms with Crippen LogP contribution in [0.1, 0.15) is 70.9 Å². The average Bonchev–Trinajstić information content (AvgIpc) is 4.30. The van der Waals surface area contributed by atoms with Crippen molar-refractivity contribution < 1.29 is 67.5 Å². The minimum absolute atomic E-state index is 0.151. The Balaban J connectivity index is 0.000000172. The molecule has 6 aliphatic heterocycles. The zero-order valence-electron chi connectivity index (χ0n) is 41.2. The van der Waals surface area contributed by atoms with E-state index in [2.05, 4.69) is 0 Å². The molecule has 2 aromatic carbocycles. The van der Waals surface area contributed by atoms with Gasteiger partial charge in [0.1, 0.15) is 24.6 Å². The van der Waals surface area contributed by atoms with Gasteiger partial charge >= 0.3 is 11.9 Å². The molecule has 0 spiro atoms. The van der Waals surface area contributed by atoms with Crippen molar-refractivity contribution in [2.24, 2.45) is 11.8 Å². The van der Waals surface area contributed by atoms with E-state index in [1.807, 2.05) is 131 Å². The number of thiophene rings is 4. The van der Waals surface area contributed by atoms with Crippen molar-refractivity contribution in [3.63, 3.8) is 0 Å². The van der Waals surface area contributed by atoms with E-state index < -0.39 is 47.9 Å². The molecule has 394 valence electrons. The van der Waals surface area contributed by atoms with E-state index >= 15 is 0 Å². The van der Waals surface area contributed by atoms with Crippen molar-refractivity contribution >= 4 is 69.2 Å². The van der Waals surface area contributed by atoms with Crippen LogP contribution >= 0.6 is 45.3 Å². The normalized spacial score (nSPS) is 22.8. The number of nitrogens with zero attached hydrogens (tertiary/aromatic N) is 2. The smallest absolute Gasteiger partial charge is 0.349 e. The Morgan fingerprint density at radius 1 is 0.500 bits per heavy atom. The monoisotopic (exact) mass is 1080 g/mol. The van der Waals surface area contributed by atoms with Crippen LogP contribution in [-0.4, -0.2) is 121 Å². The minimum atomic E-state index is -1.73. The van der Waals surface area contributed by atoms with Crippen molar-refractivity contribution in [3.8, 4) is 11.5 Å². The molecule has 2 atom stereocenters. The zero-order valence-corrected chi connectivity index (χ0v) is 44.5. The molecule has 0 radical (unpaired) electrons. The number of quaternary nitrogens is 2. The van der Waals surface area contributed by atoms with Crippen LogP contribution in [0.2, 0.25) is 0 Å². The Labute approximate surface area is 448 Å². The number of carbonyl (C=O) groups excluding carboxylic acids is 4. The quantitative estimate of drug-likeness (QED) is 0.0447. The number of piperidine rings is 6. The van der Waals surface area contributed by atoms with E-state index in [0.29, 0.717) is 44.6 Å². The molecular formula is C56H64N2O12S4. The highest BCUT2D eigenvalue weighted by Gasteiger charge is 2.53. The second-order valence-corrected chi connectivity index (χ2v) is 23.3. The highest BCUT2D eigenvalue weighted by molar-refractivity contribution is 7.12. The second-order valence-electron chi connectivity index (χ2n) is 19.6. The summed E-state index contributed by atoms with van der Waals surface area (Å²) in [5.74, 6) is -1.25. The number of rotatable bonds is 21. The van der Waals surface area contributed by atoms with Gasteiger partial charge < -0.3 is 57.9 Å². The fourth-order valence-electron chi connectivity index (χ4n) is 10.8. The third kappa shape index (κ3) is 13.5. The standard InChI is InChI=1S/2C26H30NO4S2.C4H6O4/c2*28-25(26(29,23-9-4-17-32-23)24-10-5-18-33-24)31-22-19-27(14-11-20(22)12-15-27)13-6-16-30-21-7-2-1-3-8-21;5-3(6)1-2-4(7)8/h2*1-5,7-10,17-18,20,22,29H,6,11-16,19H2;1-2H2,(H,5,6)(H,7,8)/q2*+1;/p-2. The van der Waals surface area contributed by atoms with Crippen LogP contribution in [0.25, 0.3) is 0 Å². The van der Waals surface area contributed by atoms with E-state index in [9.17, 15) is 39.6 Å². The maximum absolute atomic E-state index is 13.4. The summed E-state index contributed by atoms with van der Waals surface area (Å²) < 4.78 is 26.0. The summed E-state index contributed by atoms with van der Waals surface area (Å²) in [6.07, 6.45) is 4.94. The van der Waals surface area contributed by atoms with Crippen LogP contribution in [0.3, 0.4) is 0 Å². The topological polar surface area (TPSA) is 192 Å². The first-order chi connectivity index (χ1) is 35.8. The molecule has 2 N–H and O–H groups in total. The minimum Gasteiger partial charge on any atom is -0.550 e. The van der Waals surface area contributed by atoms with Gasteiger partial charge in [0, 0.05) is 62.3 Å². The van der Waals surface area contributed by atoms with Crippen LogP contribution in [-0.2, 0) is 39.9 Å². The summed E-state index contributed by atoms with van der Waals surface area (Å²) >= 11 is 5.53. The van der Waals surface area contributed by atoms with Crippen LogP contribution in [0.4, 0.5) is 0 Å². The van der Waals surface area contributed by atoms with Gasteiger partial charge in [-0.2, -0.15) is 0 Å². The van der Waals surface area contributed by atoms with Crippen molar-refractivity contribution in [2.75, 3.05) is 65.6 Å². The van der Waals surface area contributed by atoms with Crippen molar-refractivity contribution in [1.82, 2.24) is 0 Å². The molecule has 6 aromatic rings. The van der Waals surface area contributed by atoms with Crippen molar-refractivity contribution in [3.05, 3.63) is 150 Å². The summed E-state index contributed by atoms with van der Waals surface area (Å²) in [5, 5.41) is 49.7. The predicted octanol–water partition coefficient (Wildman–Crippen LogP) is 6.60. The highest BCUT2D eigenvalue weighted by atomic mass is 32.1. The average molecular weight is 1090 g/mol. The molecule has 14 nitrogen and oxygen atoms in total. The Morgan fingerprint density at radius 2 is 0.824 bits per heavy atom. The first-order valence-corrected chi connectivity index (χ1v) is 28.8. The van der Waals surface area contributed by atoms with Crippen LogP contribution in [0.15, 0.2) is 131 Å². The molecule has 0 aliphatic carbocycles. The molecule has 12 rings (SSSR count). The van der Waals surface area contributed by atoms with Crippen LogP contribution in [0, 0.1) is 11.8 Å². The largest absolute Gasteiger partial charge is 0.550 e. The van der Waals surface area contributed by atoms with E-state index in [4.69, 9.17) is 18.9 Å². The van der Waals surface area contributed by atoms with Crippen molar-refractivity contribution in [2.45, 2.75) is 74.8 Å². The van der Waals surface area contributed by atoms with E-state index in [0.717, 1.165) is 111 Å². The van der Waals surface area contributed by atoms with Crippen LogP contribution < -0.4 is 19.7 Å². The molecule has 2 unspecified atom stereocenters. The molecule has 74 heavy (non-hydrogen) atoms. The molecule has 10 heterocycles. The summed E-state index contributed by atoms with van der Waals surface area (Å²) in [6, 6.07) is 34.5. The third-order valence-corrected chi connectivity index (χ3v) is 18.7. The predicted molar refractivity (Wildman–Crippen MR) is 280 cm³/mol. The van der Waals surface area contributed by atoms with Gasteiger partial charge in [0.2, 0.25) is 11.2 Å². The number of aliphatic carboxylic acids is 2. The molecule has 0 amide bonds. The molecule has 6 saturated heterocycles. The van der Waals surface area contributed by atoms with Gasteiger partial charge in [0.15, 0.2) is 12.2 Å². The molecule has 0 saturated carbocycles. The molecule has 4 bridgehead atoms. The number of hydrogen-bond acceptors (Lipinski definition) is 16. The number of carboxylic acid groups (broad SMARTS) is 2. The van der Waals surface area contributed by atoms with E-state index in [1.54, 1.807) is 0 Å². The maximum Gasteiger partial charge on any atom is 0.349 e. The zero-order chi connectivity index (χ0) is 52.0. The number of benzene rings is 2. The lowest BCUT2D eigenvalue weighted by Crippen LogP contribution is -2.65. The molecule has 6 aliphatic rings. The third-order valence-electron chi connectivity index (χ3n) is 14.8. The summed E-state index contributed by atoms with van der Waals surface area (Å²) in [7, 11) is 0. The molecule has 6 fully saturated rings. The van der Waals surface area contributed by atoms with Gasteiger partial charge in [0.05, 0.1) is 72.0 Å². The van der Waals surface area contributed by atoms with Crippen molar-refractivity contribution in [1.29, 1.82) is 0 Å². The second kappa shape index (κ2) is 25.4. The number of para-hydroxylation sites is 2. The van der Waals surface area contributed by atoms with Gasteiger partial charge in [-0.3, -0.25) is 0 Å². The number of carboxylic acids is 2. The number of fused-ring (bicyclic) bond motifs is 6. The van der Waals surface area contributed by atoms with E-state index in [-0.39, 0.29) is 12.2 Å². The summed E-state index contributed by atoms with van der Waals surface area (Å²) in [5.41, 5.74) is -3.47. The first-order valence-electron chi connectivity index (χ1n) is 25.3. The Hall–Kier alpha value is -5.44. The lowest BCUT2D eigenvalue weighted by Gasteiger charge is -2.52. The molecular weight excluding hydrogens is 1020 g/mol. The van der Waals surface area contributed by atoms with Gasteiger partial charge in [-0.1, -0.05) is 60.7 Å². The lowest BCUT2D eigenvalue weighted by molar-refractivity contribution is -0.946. The highest BCUT2D eigenvalue weighted by Crippen LogP contribution is 2.42. The first kappa shape index (κ1) is 54.8. The molecule has 4 aromatic heterocycles. The molecule has 18 heteroatoms. The number of esters is 2. The lowest BCUT2D eigenvalue weighted by atomic mass is 9.83. The number of aliphatic hydroxyl groups is 2. The fourth-order valence-corrected chi connectivity index (χ4v) is 14.2. The van der Waals surface area contributed by atoms with Gasteiger partial charge in [-0.25, -0.2) is 9.59 Å². The summed E-state index contributed by atoms with van der Waals surface area (Å²) in [4.78, 5) is 48.3. The fraction of sp³-hybridized carbons (Fsp3) is 0.429. The van der Waals surface area contributed by atoms with Gasteiger partial charge in [-0.05, 0) is 82.9 Å². The Morgan fingerprint density at radius 3 is 1.11 bits per heavy atom. The van der Waals surface area contributed by atoms with Crippen LogP contribution in [0.5, 0.6) is 11.5 Å². The van der Waals surface area contributed by atoms with E-state index in [1.165, 1.54) is 45.3 Å². The Bertz CT molecular complexity index is 2400. The SMILES string of the molecule is O=C(OC1C[N+]2(CCCOc3ccccc3)CCC1CC2)C(O)(c1cccs1)c1cccs1.O=C(OC1C[N+]2(CCCOc3ccccc3)CCC1CC2)C(O)(c1cccs1)c1cccs1.O=C([O-])CCC(=O)[O-]. The number of hydrogen-bond donors (Lipinski definition) is 2. The number of ether oxygens (including phenoxy) is 4. The summed E-state index contributed by atoms with van der Waals surface area (Å²) in [6.45, 7) is 9.59. The Kier molecular flexibility index (Phi) is 18.8. The van der Waals surface area contributed by atoms with Gasteiger partial charge in [0.25, 0.3) is 0 Å². The van der Waals surface area contributed by atoms with Gasteiger partial charge in [-0.15, -0.1) is 45.3 Å².